The molecule has 10 aliphatic rings. The Morgan fingerprint density at radius 1 is 0.938 bits per heavy atom. The van der Waals surface area contributed by atoms with Crippen molar-refractivity contribution < 1.29 is 6.51 Å². The van der Waals surface area contributed by atoms with E-state index in [1.165, 1.54) is 13.9 Å². The van der Waals surface area contributed by atoms with Gasteiger partial charge in [-0.1, -0.05) is 6.92 Å². The molecule has 10 fully saturated rings. The minimum absolute atomic E-state index is 0.792. The molecule has 0 N–H and O–H groups in total. The van der Waals surface area contributed by atoms with Crippen LogP contribution in [0.2, 0.25) is 47.7 Å². The fraction of sp³-hybridized carbons (Fsp3) is 1.00. The predicted molar refractivity (Wildman–Crippen MR) is 63.1 cm³/mol. The van der Waals surface area contributed by atoms with Gasteiger partial charge in [0.1, 0.15) is 0 Å². The van der Waals surface area contributed by atoms with Crippen LogP contribution in [0.4, 0.5) is 0 Å². The van der Waals surface area contributed by atoms with Gasteiger partial charge in [0, 0.05) is 5.88 Å². The van der Waals surface area contributed by atoms with Gasteiger partial charge >= 0.3 is 61.1 Å². The molecule has 90 valence electrons. The van der Waals surface area contributed by atoms with Crippen molar-refractivity contribution in [3.63, 3.8) is 0 Å². The molecule has 0 bridgehead atoms. The summed E-state index contributed by atoms with van der Waals surface area (Å²) in [6.45, 7) is 2.41. The normalized spacial score (nSPS) is 125. The van der Waals surface area contributed by atoms with E-state index in [2.05, 4.69) is 6.92 Å². The van der Waals surface area contributed by atoms with Gasteiger partial charge in [0.15, 0.2) is 0 Å². The molecule has 2 heteroatoms. The first kappa shape index (κ1) is 6.83. The van der Waals surface area contributed by atoms with Gasteiger partial charge in [0.2, 0.25) is 0 Å². The third-order valence-corrected chi connectivity index (χ3v) is 59.8. The monoisotopic (exact) mass is 278 g/mol. The second-order valence-electron chi connectivity index (χ2n) is 10.7. The summed E-state index contributed by atoms with van der Waals surface area (Å²) >= 11 is 5.19. The molecule has 0 aromatic carbocycles. The van der Waals surface area contributed by atoms with Gasteiger partial charge in [0.05, 0.1) is 0 Å². The molecule has 10 saturated heterocycles. The molecule has 4 atom stereocenters. The molecule has 10 aliphatic heterocycles. The van der Waals surface area contributed by atoms with Crippen LogP contribution in [-0.2, 0) is 6.51 Å². The minimum atomic E-state index is -2.45. The average Bonchev–Trinajstić information content (AvgIpc) is 3.23. The molecule has 0 aromatic rings. The quantitative estimate of drug-likeness (QED) is 0.445. The predicted octanol–water partition coefficient (Wildman–Crippen LogP) is 5.40. The molecule has 0 saturated carbocycles. The summed E-state index contributed by atoms with van der Waals surface area (Å²) in [5, 5.41) is 0. The van der Waals surface area contributed by atoms with Crippen LogP contribution in [0.3, 0.4) is 0 Å². The topological polar surface area (TPSA) is 0 Å². The Balaban J connectivity index is 0.000000132. The third kappa shape index (κ3) is 0.0612. The van der Waals surface area contributed by atoms with Gasteiger partial charge in [0.25, 0.3) is 0 Å². The summed E-state index contributed by atoms with van der Waals surface area (Å²) in [7, 11) is 0. The number of hydrogen-bond acceptors (Lipinski definition) is 0. The molecule has 10 heterocycles. The van der Waals surface area contributed by atoms with E-state index in [0.717, 1.165) is 12.3 Å². The summed E-state index contributed by atoms with van der Waals surface area (Å²) in [5.74, 6) is 0.792. The molecule has 0 nitrogen and oxygen atoms in total. The SMILES string of the molecule is CCCCl.C[C]12[CH]3[CH]4[CH]5[CH]1[Fe]45321678[CH]2[CH]1[CH]6[CH]7[CH]28. The Bertz CT molecular complexity index is 784. The van der Waals surface area contributed by atoms with Gasteiger partial charge in [-0.2, -0.15) is 0 Å². The molecular formula is C14H19ClFe. The van der Waals surface area contributed by atoms with Crippen LogP contribution in [0.1, 0.15) is 20.3 Å². The van der Waals surface area contributed by atoms with E-state index < -0.39 is 6.51 Å². The van der Waals surface area contributed by atoms with Crippen LogP contribution < -0.4 is 0 Å². The zero-order chi connectivity index (χ0) is 10.4. The molecular weight excluding hydrogens is 259 g/mol. The van der Waals surface area contributed by atoms with Gasteiger partial charge in [-0.3, -0.25) is 0 Å². The van der Waals surface area contributed by atoms with Crippen LogP contribution in [0, 0.1) is 0 Å². The molecule has 0 radical (unpaired) electrons. The van der Waals surface area contributed by atoms with Crippen molar-refractivity contribution in [3.8, 4) is 0 Å². The fourth-order valence-electron chi connectivity index (χ4n) is 17.3. The summed E-state index contributed by atoms with van der Waals surface area (Å²) in [6.07, 6.45) is 1.08. The Morgan fingerprint density at radius 3 is 1.31 bits per heavy atom. The van der Waals surface area contributed by atoms with Crippen LogP contribution in [-0.4, -0.2) is 5.88 Å². The first-order valence-electron chi connectivity index (χ1n) is 7.23. The first-order chi connectivity index (χ1) is 7.46. The van der Waals surface area contributed by atoms with E-state index in [-0.39, 0.29) is 0 Å². The van der Waals surface area contributed by atoms with Crippen molar-refractivity contribution in [1.29, 1.82) is 0 Å². The van der Waals surface area contributed by atoms with E-state index in [0.29, 0.717) is 0 Å². The van der Waals surface area contributed by atoms with Crippen molar-refractivity contribution in [3.05, 3.63) is 0 Å². The molecule has 0 aromatic heterocycles. The average molecular weight is 279 g/mol. The standard InChI is InChI=1S/C6H7.C5H5.C3H7Cl.Fe/c1-6-4-2-3-5-6;1-2-4-5-3-1;1-2-3-4;/h2-5H,1H3;1-5H;2-3H2,1H3;. The molecule has 1 spiro atoms. The summed E-state index contributed by atoms with van der Waals surface area (Å²) < 4.78 is 1.19. The molecule has 0 amide bonds. The van der Waals surface area contributed by atoms with Crippen LogP contribution in [0.15, 0.2) is 0 Å². The van der Waals surface area contributed by atoms with Gasteiger partial charge in [-0.25, -0.2) is 0 Å². The molecule has 4 unspecified atom stereocenters. The summed E-state index contributed by atoms with van der Waals surface area (Å²) in [5.41, 5.74) is 0. The fourth-order valence-corrected chi connectivity index (χ4v) is 92.6. The maximum absolute atomic E-state index is 5.19. The zero-order valence-electron chi connectivity index (χ0n) is 9.84. The Hall–Kier alpha value is 0.809. The number of rotatable bonds is 1. The zero-order valence-corrected chi connectivity index (χ0v) is 11.7. The number of hydrogen-bond donors (Lipinski definition) is 0. The number of halogens is 1. The van der Waals surface area contributed by atoms with E-state index in [1.54, 1.807) is 33.7 Å². The molecule has 16 heavy (non-hydrogen) atoms. The summed E-state index contributed by atoms with van der Waals surface area (Å²) in [4.78, 5) is 14.0. The Labute approximate surface area is 91.8 Å². The molecule has 10 rings (SSSR count). The van der Waals surface area contributed by atoms with Crippen molar-refractivity contribution in [2.75, 3.05) is 5.88 Å². The Kier molecular flexibility index (Phi) is 0.227. The first-order valence-corrected chi connectivity index (χ1v) is 14.1. The van der Waals surface area contributed by atoms with E-state index in [4.69, 9.17) is 11.6 Å². The van der Waals surface area contributed by atoms with Crippen LogP contribution in [0.5, 0.6) is 0 Å². The number of alkyl halides is 1. The van der Waals surface area contributed by atoms with E-state index in [1.807, 2.05) is 6.92 Å². The van der Waals surface area contributed by atoms with E-state index >= 15 is 0 Å². The Morgan fingerprint density at radius 2 is 1.31 bits per heavy atom. The second-order valence-corrected chi connectivity index (χ2v) is 35.0. The van der Waals surface area contributed by atoms with Gasteiger partial charge in [-0.15, -0.1) is 11.6 Å². The van der Waals surface area contributed by atoms with Crippen molar-refractivity contribution in [1.82, 2.24) is 0 Å². The van der Waals surface area contributed by atoms with Crippen molar-refractivity contribution in [2.45, 2.75) is 67.9 Å². The second kappa shape index (κ2) is 0.531. The van der Waals surface area contributed by atoms with Crippen LogP contribution >= 0.6 is 11.6 Å². The number of fused-ring (bicyclic) bond motifs is 10. The van der Waals surface area contributed by atoms with Crippen LogP contribution in [0.25, 0.3) is 0 Å². The summed E-state index contributed by atoms with van der Waals surface area (Å²) in [6, 6.07) is 0. The van der Waals surface area contributed by atoms with Crippen molar-refractivity contribution in [2.24, 2.45) is 0 Å². The maximum atomic E-state index is 5.19. The van der Waals surface area contributed by atoms with Gasteiger partial charge in [-0.05, 0) is 6.42 Å². The van der Waals surface area contributed by atoms with Crippen molar-refractivity contribution >= 4 is 11.6 Å². The molecule has 0 aliphatic carbocycles. The third-order valence-electron chi connectivity index (χ3n) is 15.6. The van der Waals surface area contributed by atoms with Gasteiger partial charge < -0.3 is 0 Å². The van der Waals surface area contributed by atoms with E-state index in [9.17, 15) is 0 Å².